The van der Waals surface area contributed by atoms with Gasteiger partial charge >= 0.3 is 12.1 Å². The molecule has 1 rings (SSSR count). The zero-order valence-electron chi connectivity index (χ0n) is 19.3. The van der Waals surface area contributed by atoms with Crippen molar-refractivity contribution in [2.24, 2.45) is 16.5 Å². The lowest BCUT2D eigenvalue weighted by molar-refractivity contribution is -0.142. The molecule has 3 amide bonds. The van der Waals surface area contributed by atoms with E-state index in [0.29, 0.717) is 5.56 Å². The molecule has 1 aromatic carbocycles. The van der Waals surface area contributed by atoms with Crippen LogP contribution in [0.15, 0.2) is 35.3 Å². The van der Waals surface area contributed by atoms with E-state index in [2.05, 4.69) is 15.6 Å². The SMILES string of the molecule is C[C@H](NC(=O)C(C)(NC(=O)OCc1ccccc1)C(F)F)C(=O)N[C@@H](CCCN=C(N)N)C(=O)O. The van der Waals surface area contributed by atoms with Gasteiger partial charge < -0.3 is 37.3 Å². The molecule has 0 saturated carbocycles. The molecule has 0 bridgehead atoms. The summed E-state index contributed by atoms with van der Waals surface area (Å²) in [5, 5.41) is 15.4. The van der Waals surface area contributed by atoms with Crippen LogP contribution in [0.25, 0.3) is 0 Å². The highest BCUT2D eigenvalue weighted by molar-refractivity contribution is 5.95. The van der Waals surface area contributed by atoms with Gasteiger partial charge in [-0.25, -0.2) is 18.4 Å². The lowest BCUT2D eigenvalue weighted by Crippen LogP contribution is -2.64. The number of carbonyl (C=O) groups excluding carboxylic acids is 3. The van der Waals surface area contributed by atoms with E-state index in [9.17, 15) is 33.1 Å². The number of aliphatic carboxylic acids is 1. The average molecular weight is 501 g/mol. The van der Waals surface area contributed by atoms with E-state index in [1.54, 1.807) is 30.3 Å². The molecule has 0 saturated heterocycles. The monoisotopic (exact) mass is 500 g/mol. The number of amides is 3. The smallest absolute Gasteiger partial charge is 0.408 e. The largest absolute Gasteiger partial charge is 0.480 e. The van der Waals surface area contributed by atoms with Gasteiger partial charge in [0, 0.05) is 6.54 Å². The predicted octanol–water partition coefficient (Wildman–Crippen LogP) is 0.0643. The molecule has 0 spiro atoms. The second kappa shape index (κ2) is 13.7. The van der Waals surface area contributed by atoms with E-state index in [1.165, 1.54) is 6.92 Å². The van der Waals surface area contributed by atoms with Crippen molar-refractivity contribution in [2.45, 2.75) is 57.3 Å². The molecular weight excluding hydrogens is 470 g/mol. The van der Waals surface area contributed by atoms with E-state index in [4.69, 9.17) is 16.2 Å². The first kappa shape index (κ1) is 29.1. The molecule has 194 valence electrons. The van der Waals surface area contributed by atoms with Gasteiger partial charge in [0.1, 0.15) is 18.7 Å². The molecule has 0 aliphatic heterocycles. The van der Waals surface area contributed by atoms with Crippen LogP contribution in [0.1, 0.15) is 32.3 Å². The van der Waals surface area contributed by atoms with Gasteiger partial charge in [0.05, 0.1) is 0 Å². The highest BCUT2D eigenvalue weighted by Gasteiger charge is 2.45. The summed E-state index contributed by atoms with van der Waals surface area (Å²) in [5.74, 6) is -3.82. The third-order valence-corrected chi connectivity index (χ3v) is 4.78. The maximum Gasteiger partial charge on any atom is 0.408 e. The molecule has 1 aromatic rings. The van der Waals surface area contributed by atoms with Gasteiger partial charge in [0.15, 0.2) is 11.5 Å². The fourth-order valence-corrected chi connectivity index (χ4v) is 2.65. The van der Waals surface area contributed by atoms with Crippen LogP contribution < -0.4 is 27.4 Å². The van der Waals surface area contributed by atoms with Crippen molar-refractivity contribution in [1.82, 2.24) is 16.0 Å². The van der Waals surface area contributed by atoms with Gasteiger partial charge in [-0.3, -0.25) is 14.6 Å². The summed E-state index contributed by atoms with van der Waals surface area (Å²) in [4.78, 5) is 52.0. The highest BCUT2D eigenvalue weighted by atomic mass is 19.3. The van der Waals surface area contributed by atoms with Crippen molar-refractivity contribution < 1.29 is 37.8 Å². The summed E-state index contributed by atoms with van der Waals surface area (Å²) < 4.78 is 32.3. The van der Waals surface area contributed by atoms with Crippen molar-refractivity contribution in [3.63, 3.8) is 0 Å². The predicted molar refractivity (Wildman–Crippen MR) is 121 cm³/mol. The van der Waals surface area contributed by atoms with Crippen LogP contribution >= 0.6 is 0 Å². The Labute approximate surface area is 200 Å². The van der Waals surface area contributed by atoms with E-state index < -0.39 is 47.9 Å². The third-order valence-electron chi connectivity index (χ3n) is 4.78. The van der Waals surface area contributed by atoms with Gasteiger partial charge in [0.25, 0.3) is 12.3 Å². The standard InChI is InChI=1S/C21H30F2N6O6/c1-12(15(30)28-14(16(31)32)9-6-10-26-19(24)25)27-18(33)21(2,17(22)23)29-20(34)35-11-13-7-4-3-5-8-13/h3-5,7-8,12,14,17H,6,9-11H2,1-2H3,(H,27,33)(H,28,30)(H,29,34)(H,31,32)(H4,24,25,26)/t12-,14-,21?/m0/s1. The second-order valence-electron chi connectivity index (χ2n) is 7.73. The Morgan fingerprint density at radius 3 is 2.31 bits per heavy atom. The summed E-state index contributed by atoms with van der Waals surface area (Å²) >= 11 is 0. The van der Waals surface area contributed by atoms with Crippen LogP contribution in [0.2, 0.25) is 0 Å². The van der Waals surface area contributed by atoms with Crippen LogP contribution in [0.5, 0.6) is 0 Å². The number of aliphatic imine (C=N–C) groups is 1. The topological polar surface area (TPSA) is 198 Å². The number of carbonyl (C=O) groups is 4. The first-order valence-electron chi connectivity index (χ1n) is 10.5. The number of carboxylic acids is 1. The number of guanidine groups is 1. The molecule has 0 radical (unpaired) electrons. The fraction of sp³-hybridized carbons (Fsp3) is 0.476. The Hall–Kier alpha value is -3.97. The van der Waals surface area contributed by atoms with Crippen LogP contribution in [-0.2, 0) is 25.7 Å². The Morgan fingerprint density at radius 1 is 1.14 bits per heavy atom. The summed E-state index contributed by atoms with van der Waals surface area (Å²) in [6.45, 7) is 1.86. The van der Waals surface area contributed by atoms with E-state index in [-0.39, 0.29) is 32.0 Å². The molecule has 35 heavy (non-hydrogen) atoms. The summed E-state index contributed by atoms with van der Waals surface area (Å²) in [6, 6.07) is 5.70. The van der Waals surface area contributed by atoms with E-state index >= 15 is 0 Å². The minimum Gasteiger partial charge on any atom is -0.480 e. The van der Waals surface area contributed by atoms with Crippen molar-refractivity contribution >= 4 is 29.8 Å². The number of hydrogen-bond donors (Lipinski definition) is 6. The van der Waals surface area contributed by atoms with Crippen molar-refractivity contribution in [3.8, 4) is 0 Å². The Balaban J connectivity index is 2.71. The fourth-order valence-electron chi connectivity index (χ4n) is 2.65. The Morgan fingerprint density at radius 2 is 1.77 bits per heavy atom. The molecule has 3 atom stereocenters. The van der Waals surface area contributed by atoms with Gasteiger partial charge in [-0.1, -0.05) is 30.3 Å². The lowest BCUT2D eigenvalue weighted by atomic mass is 10.0. The van der Waals surface area contributed by atoms with Gasteiger partial charge in [-0.15, -0.1) is 0 Å². The Bertz CT molecular complexity index is 913. The van der Waals surface area contributed by atoms with Crippen molar-refractivity contribution in [3.05, 3.63) is 35.9 Å². The molecule has 0 aromatic heterocycles. The number of nitrogens with zero attached hydrogens (tertiary/aromatic N) is 1. The van der Waals surface area contributed by atoms with Gasteiger partial charge in [0.2, 0.25) is 5.91 Å². The minimum absolute atomic E-state index is 0.0257. The van der Waals surface area contributed by atoms with E-state index in [0.717, 1.165) is 6.92 Å². The summed E-state index contributed by atoms with van der Waals surface area (Å²) in [5.41, 5.74) is 8.23. The number of alkyl carbamates (subject to hydrolysis) is 1. The molecule has 1 unspecified atom stereocenters. The molecule has 14 heteroatoms. The maximum absolute atomic E-state index is 13.7. The average Bonchev–Trinajstić information content (AvgIpc) is 2.79. The number of nitrogens with one attached hydrogen (secondary N) is 3. The highest BCUT2D eigenvalue weighted by Crippen LogP contribution is 2.17. The van der Waals surface area contributed by atoms with Crippen LogP contribution in [0, 0.1) is 0 Å². The van der Waals surface area contributed by atoms with Gasteiger partial charge in [-0.2, -0.15) is 0 Å². The first-order chi connectivity index (χ1) is 16.4. The Kier molecular flexibility index (Phi) is 11.3. The number of hydrogen-bond acceptors (Lipinski definition) is 6. The molecule has 12 nitrogen and oxygen atoms in total. The molecular formula is C21H30F2N6O6. The molecule has 0 fully saturated rings. The summed E-state index contributed by atoms with van der Waals surface area (Å²) in [6.07, 6.45) is -4.42. The summed E-state index contributed by atoms with van der Waals surface area (Å²) in [7, 11) is 0. The maximum atomic E-state index is 13.7. The minimum atomic E-state index is -3.36. The van der Waals surface area contributed by atoms with Crippen LogP contribution in [0.4, 0.5) is 13.6 Å². The third kappa shape index (κ3) is 9.81. The lowest BCUT2D eigenvalue weighted by Gasteiger charge is -2.29. The molecule has 0 aliphatic rings. The number of rotatable bonds is 13. The molecule has 8 N–H and O–H groups in total. The van der Waals surface area contributed by atoms with Crippen molar-refractivity contribution in [2.75, 3.05) is 6.54 Å². The molecule has 0 heterocycles. The normalized spacial score (nSPS) is 14.1. The van der Waals surface area contributed by atoms with Crippen molar-refractivity contribution in [1.29, 1.82) is 0 Å². The number of carboxylic acid groups (broad SMARTS) is 1. The van der Waals surface area contributed by atoms with Crippen LogP contribution in [0.3, 0.4) is 0 Å². The van der Waals surface area contributed by atoms with Gasteiger partial charge in [-0.05, 0) is 32.3 Å². The number of halogens is 2. The number of ether oxygens (including phenoxy) is 1. The first-order valence-corrected chi connectivity index (χ1v) is 10.5. The quantitative estimate of drug-likeness (QED) is 0.124. The second-order valence-corrected chi connectivity index (χ2v) is 7.73. The zero-order chi connectivity index (χ0) is 26.6. The number of alkyl halides is 2. The number of benzene rings is 1. The number of nitrogens with two attached hydrogens (primary N) is 2. The molecule has 0 aliphatic carbocycles. The zero-order valence-corrected chi connectivity index (χ0v) is 19.3. The van der Waals surface area contributed by atoms with E-state index in [1.807, 2.05) is 5.32 Å². The van der Waals surface area contributed by atoms with Crippen LogP contribution in [-0.4, -0.2) is 65.5 Å².